The number of anilines is 1. The van der Waals surface area contributed by atoms with Gasteiger partial charge in [-0.05, 0) is 63.2 Å². The van der Waals surface area contributed by atoms with Crippen LogP contribution >= 0.6 is 0 Å². The van der Waals surface area contributed by atoms with Crippen LogP contribution in [0, 0.1) is 24.1 Å². The van der Waals surface area contributed by atoms with E-state index in [1.165, 1.54) is 18.6 Å². The van der Waals surface area contributed by atoms with Crippen molar-refractivity contribution in [2.24, 2.45) is 0 Å². The average molecular weight is 325 g/mol. The van der Waals surface area contributed by atoms with Crippen molar-refractivity contribution >= 4 is 5.82 Å². The Hall–Kier alpha value is -2.52. The Kier molecular flexibility index (Phi) is 4.72. The highest BCUT2D eigenvalue weighted by Crippen LogP contribution is 2.24. The van der Waals surface area contributed by atoms with Gasteiger partial charge in [-0.15, -0.1) is 10.2 Å². The van der Waals surface area contributed by atoms with Crippen LogP contribution in [0.3, 0.4) is 0 Å². The smallest absolute Gasteiger partial charge is 0.149 e. The van der Waals surface area contributed by atoms with Gasteiger partial charge in [0, 0.05) is 18.2 Å². The third-order valence-corrected chi connectivity index (χ3v) is 4.32. The minimum Gasteiger partial charge on any atom is -0.365 e. The second kappa shape index (κ2) is 6.93. The fraction of sp³-hybridized carbons (Fsp3) is 0.389. The Morgan fingerprint density at radius 2 is 2.17 bits per heavy atom. The number of benzene rings is 1. The van der Waals surface area contributed by atoms with E-state index in [2.05, 4.69) is 27.5 Å². The molecule has 0 amide bonds. The zero-order chi connectivity index (χ0) is 17.1. The first kappa shape index (κ1) is 16.3. The average Bonchev–Trinajstić information content (AvgIpc) is 2.56. The second-order valence-corrected chi connectivity index (χ2v) is 6.31. The summed E-state index contributed by atoms with van der Waals surface area (Å²) < 4.78 is 13.5. The molecule has 124 valence electrons. The molecule has 1 N–H and O–H groups in total. The maximum atomic E-state index is 13.5. The molecular formula is C18H20FN5. The Morgan fingerprint density at radius 3 is 2.88 bits per heavy atom. The van der Waals surface area contributed by atoms with Crippen LogP contribution in [0.15, 0.2) is 24.3 Å². The van der Waals surface area contributed by atoms with Crippen molar-refractivity contribution in [2.75, 3.05) is 25.5 Å². The van der Waals surface area contributed by atoms with Gasteiger partial charge < -0.3 is 10.2 Å². The van der Waals surface area contributed by atoms with Crippen LogP contribution in [0.25, 0.3) is 11.3 Å². The first-order valence-electron chi connectivity index (χ1n) is 8.06. The summed E-state index contributed by atoms with van der Waals surface area (Å²) in [6.07, 6.45) is 2.29. The van der Waals surface area contributed by atoms with E-state index in [1.807, 2.05) is 19.1 Å². The summed E-state index contributed by atoms with van der Waals surface area (Å²) in [5, 5.41) is 20.9. The summed E-state index contributed by atoms with van der Waals surface area (Å²) in [7, 11) is 2.12. The summed E-state index contributed by atoms with van der Waals surface area (Å²) in [6.45, 7) is 4.07. The first-order chi connectivity index (χ1) is 11.6. The number of hydrogen-bond donors (Lipinski definition) is 1. The van der Waals surface area contributed by atoms with E-state index in [0.717, 1.165) is 30.9 Å². The van der Waals surface area contributed by atoms with Crippen LogP contribution < -0.4 is 5.32 Å². The molecule has 2 aromatic rings. The molecule has 0 aliphatic carbocycles. The Labute approximate surface area is 141 Å². The Bertz CT molecular complexity index is 783. The van der Waals surface area contributed by atoms with E-state index in [4.69, 9.17) is 5.26 Å². The largest absolute Gasteiger partial charge is 0.365 e. The number of likely N-dealkylation sites (N-methyl/N-ethyl adjacent to an activating group) is 1. The van der Waals surface area contributed by atoms with Gasteiger partial charge in [0.15, 0.2) is 0 Å². The third kappa shape index (κ3) is 3.52. The lowest BCUT2D eigenvalue weighted by molar-refractivity contribution is 0.260. The molecular weight excluding hydrogens is 305 g/mol. The Balaban J connectivity index is 1.81. The van der Waals surface area contributed by atoms with Gasteiger partial charge in [-0.2, -0.15) is 5.26 Å². The predicted octanol–water partition coefficient (Wildman–Crippen LogP) is 2.97. The molecule has 5 nitrogen and oxygen atoms in total. The summed E-state index contributed by atoms with van der Waals surface area (Å²) in [6, 6.07) is 8.60. The molecule has 0 spiro atoms. The van der Waals surface area contributed by atoms with Gasteiger partial charge in [-0.3, -0.25) is 0 Å². The van der Waals surface area contributed by atoms with Crippen molar-refractivity contribution in [1.29, 1.82) is 5.26 Å². The van der Waals surface area contributed by atoms with Crippen LogP contribution in [0.4, 0.5) is 10.2 Å². The molecule has 1 fully saturated rings. The highest BCUT2D eigenvalue weighted by atomic mass is 19.1. The number of aryl methyl sites for hydroxylation is 1. The van der Waals surface area contributed by atoms with Crippen LogP contribution in [-0.2, 0) is 0 Å². The quantitative estimate of drug-likeness (QED) is 0.940. The SMILES string of the molecule is Cc1cc(N[C@@H]2CCCN(C)C2)nnc1-c1ccc(F)c(C#N)c1. The molecule has 24 heavy (non-hydrogen) atoms. The normalized spacial score (nSPS) is 18.2. The number of hydrogen-bond acceptors (Lipinski definition) is 5. The zero-order valence-corrected chi connectivity index (χ0v) is 13.9. The first-order valence-corrected chi connectivity index (χ1v) is 8.06. The molecule has 1 aromatic heterocycles. The van der Waals surface area contributed by atoms with E-state index in [-0.39, 0.29) is 5.56 Å². The van der Waals surface area contributed by atoms with Crippen molar-refractivity contribution in [2.45, 2.75) is 25.8 Å². The highest BCUT2D eigenvalue weighted by Gasteiger charge is 2.18. The number of piperidine rings is 1. The molecule has 1 aliphatic heterocycles. The van der Waals surface area contributed by atoms with Crippen molar-refractivity contribution in [3.05, 3.63) is 41.2 Å². The lowest BCUT2D eigenvalue weighted by Gasteiger charge is -2.30. The maximum absolute atomic E-state index is 13.5. The van der Waals surface area contributed by atoms with Crippen LogP contribution in [-0.4, -0.2) is 41.3 Å². The second-order valence-electron chi connectivity index (χ2n) is 6.31. The minimum absolute atomic E-state index is 0.0149. The number of likely N-dealkylation sites (tertiary alicyclic amines) is 1. The number of rotatable bonds is 3. The fourth-order valence-corrected chi connectivity index (χ4v) is 3.09. The van der Waals surface area contributed by atoms with E-state index in [9.17, 15) is 4.39 Å². The van der Waals surface area contributed by atoms with Crippen LogP contribution in [0.1, 0.15) is 24.0 Å². The van der Waals surface area contributed by atoms with Crippen LogP contribution in [0.5, 0.6) is 0 Å². The molecule has 1 saturated heterocycles. The molecule has 6 heteroatoms. The third-order valence-electron chi connectivity index (χ3n) is 4.32. The fourth-order valence-electron chi connectivity index (χ4n) is 3.09. The number of nitrogens with zero attached hydrogens (tertiary/aromatic N) is 4. The topological polar surface area (TPSA) is 64.8 Å². The van der Waals surface area contributed by atoms with Gasteiger partial charge >= 0.3 is 0 Å². The molecule has 2 heterocycles. The van der Waals surface area contributed by atoms with E-state index in [1.54, 1.807) is 6.07 Å². The molecule has 3 rings (SSSR count). The molecule has 1 aliphatic rings. The summed E-state index contributed by atoms with van der Waals surface area (Å²) in [5.74, 6) is 0.228. The lowest BCUT2D eigenvalue weighted by atomic mass is 10.0. The van der Waals surface area contributed by atoms with Gasteiger partial charge in [-0.25, -0.2) is 4.39 Å². The summed E-state index contributed by atoms with van der Waals surface area (Å²) >= 11 is 0. The number of aromatic nitrogens is 2. The summed E-state index contributed by atoms with van der Waals surface area (Å²) in [5.41, 5.74) is 2.31. The summed E-state index contributed by atoms with van der Waals surface area (Å²) in [4.78, 5) is 2.30. The number of nitriles is 1. The lowest BCUT2D eigenvalue weighted by Crippen LogP contribution is -2.39. The van der Waals surface area contributed by atoms with Gasteiger partial charge in [0.2, 0.25) is 0 Å². The molecule has 0 unspecified atom stereocenters. The van der Waals surface area contributed by atoms with Crippen molar-refractivity contribution in [1.82, 2.24) is 15.1 Å². The van der Waals surface area contributed by atoms with Gasteiger partial charge in [0.1, 0.15) is 17.7 Å². The zero-order valence-electron chi connectivity index (χ0n) is 13.9. The van der Waals surface area contributed by atoms with Crippen molar-refractivity contribution in [3.8, 4) is 17.3 Å². The Morgan fingerprint density at radius 1 is 1.33 bits per heavy atom. The molecule has 0 radical (unpaired) electrons. The number of nitrogens with one attached hydrogen (secondary N) is 1. The van der Waals surface area contributed by atoms with Crippen molar-refractivity contribution in [3.63, 3.8) is 0 Å². The maximum Gasteiger partial charge on any atom is 0.149 e. The molecule has 0 bridgehead atoms. The van der Waals surface area contributed by atoms with Crippen molar-refractivity contribution < 1.29 is 4.39 Å². The predicted molar refractivity (Wildman–Crippen MR) is 91.0 cm³/mol. The van der Waals surface area contributed by atoms with Gasteiger partial charge in [-0.1, -0.05) is 0 Å². The highest BCUT2D eigenvalue weighted by molar-refractivity contribution is 5.65. The van der Waals surface area contributed by atoms with E-state index >= 15 is 0 Å². The standard InChI is InChI=1S/C18H20FN5/c1-12-8-17(21-15-4-3-7-24(2)11-15)22-23-18(12)13-5-6-16(19)14(9-13)10-20/h5-6,8-9,15H,3-4,7,11H2,1-2H3,(H,21,22)/t15-/m1/s1. The van der Waals surface area contributed by atoms with Gasteiger partial charge in [0.25, 0.3) is 0 Å². The molecule has 1 atom stereocenters. The van der Waals surface area contributed by atoms with Gasteiger partial charge in [0.05, 0.1) is 11.3 Å². The molecule has 1 aromatic carbocycles. The van der Waals surface area contributed by atoms with E-state index < -0.39 is 5.82 Å². The molecule has 0 saturated carbocycles. The monoisotopic (exact) mass is 325 g/mol. The van der Waals surface area contributed by atoms with E-state index in [0.29, 0.717) is 17.3 Å². The van der Waals surface area contributed by atoms with Crippen LogP contribution in [0.2, 0.25) is 0 Å². The number of halogens is 1. The minimum atomic E-state index is -0.522.